The SMILES string of the molecule is C=CCn1c([O-])c(C(C)=O)c(=O)[nH]c1=O.C[NH+](C)C. The molecule has 1 rings (SSSR count). The molecule has 0 radical (unpaired) electrons. The van der Waals surface area contributed by atoms with Crippen molar-refractivity contribution >= 4 is 5.78 Å². The minimum Gasteiger partial charge on any atom is -0.859 e. The van der Waals surface area contributed by atoms with E-state index >= 15 is 0 Å². The number of ketones is 1. The smallest absolute Gasteiger partial charge is 0.328 e. The van der Waals surface area contributed by atoms with Crippen molar-refractivity contribution < 1.29 is 14.8 Å². The molecule has 7 heteroatoms. The van der Waals surface area contributed by atoms with Crippen LogP contribution < -0.4 is 21.3 Å². The molecule has 0 aliphatic heterocycles. The van der Waals surface area contributed by atoms with Crippen LogP contribution in [0.5, 0.6) is 5.88 Å². The van der Waals surface area contributed by atoms with Crippen LogP contribution in [0.4, 0.5) is 0 Å². The maximum absolute atomic E-state index is 11.5. The Hall–Kier alpha value is -2.15. The third kappa shape index (κ3) is 4.92. The number of Topliss-reactive ketones (excluding diaryl/α,β-unsaturated/α-hetero) is 1. The van der Waals surface area contributed by atoms with E-state index in [4.69, 9.17) is 0 Å². The van der Waals surface area contributed by atoms with E-state index < -0.39 is 28.5 Å². The number of carbonyl (C=O) groups is 1. The Labute approximate surface area is 110 Å². The maximum atomic E-state index is 11.5. The molecule has 19 heavy (non-hydrogen) atoms. The molecule has 0 aromatic carbocycles. The lowest BCUT2D eigenvalue weighted by atomic mass is 10.2. The summed E-state index contributed by atoms with van der Waals surface area (Å²) in [5, 5.41) is 11.5. The van der Waals surface area contributed by atoms with Gasteiger partial charge in [0, 0.05) is 6.54 Å². The summed E-state index contributed by atoms with van der Waals surface area (Å²) in [6.07, 6.45) is 1.32. The predicted octanol–water partition coefficient (Wildman–Crippen LogP) is -2.24. The monoisotopic (exact) mass is 269 g/mol. The maximum Gasteiger partial charge on any atom is 0.328 e. The average Bonchev–Trinajstić information content (AvgIpc) is 2.22. The molecule has 0 saturated heterocycles. The van der Waals surface area contributed by atoms with Gasteiger partial charge in [-0.2, -0.15) is 0 Å². The van der Waals surface area contributed by atoms with Gasteiger partial charge in [-0.3, -0.25) is 14.6 Å². The molecule has 0 aliphatic carbocycles. The van der Waals surface area contributed by atoms with Gasteiger partial charge in [-0.1, -0.05) is 6.08 Å². The van der Waals surface area contributed by atoms with Gasteiger partial charge in [0.25, 0.3) is 5.56 Å². The molecule has 0 spiro atoms. The van der Waals surface area contributed by atoms with Gasteiger partial charge in [0.2, 0.25) is 0 Å². The molecule has 106 valence electrons. The van der Waals surface area contributed by atoms with Gasteiger partial charge in [-0.25, -0.2) is 4.79 Å². The Morgan fingerprint density at radius 1 is 1.42 bits per heavy atom. The summed E-state index contributed by atoms with van der Waals surface area (Å²) < 4.78 is 0.741. The second kappa shape index (κ2) is 7.32. The number of hydrogen-bond donors (Lipinski definition) is 2. The summed E-state index contributed by atoms with van der Waals surface area (Å²) in [6, 6.07) is 0. The summed E-state index contributed by atoms with van der Waals surface area (Å²) >= 11 is 0. The van der Waals surface area contributed by atoms with Crippen molar-refractivity contribution in [3.05, 3.63) is 39.1 Å². The highest BCUT2D eigenvalue weighted by atomic mass is 16.3. The van der Waals surface area contributed by atoms with E-state index in [0.717, 1.165) is 11.5 Å². The van der Waals surface area contributed by atoms with Crippen LogP contribution in [0.15, 0.2) is 22.2 Å². The zero-order valence-corrected chi connectivity index (χ0v) is 11.6. The lowest BCUT2D eigenvalue weighted by Gasteiger charge is -2.16. The third-order valence-electron chi connectivity index (χ3n) is 1.82. The number of hydrogen-bond acceptors (Lipinski definition) is 4. The van der Waals surface area contributed by atoms with Gasteiger partial charge < -0.3 is 14.6 Å². The van der Waals surface area contributed by atoms with E-state index in [1.54, 1.807) is 0 Å². The van der Waals surface area contributed by atoms with Crippen LogP contribution in [0.2, 0.25) is 0 Å². The first-order chi connectivity index (χ1) is 8.72. The van der Waals surface area contributed by atoms with Crippen molar-refractivity contribution in [2.75, 3.05) is 21.1 Å². The van der Waals surface area contributed by atoms with Gasteiger partial charge in [0.15, 0.2) is 5.78 Å². The molecule has 7 nitrogen and oxygen atoms in total. The summed E-state index contributed by atoms with van der Waals surface area (Å²) in [4.78, 5) is 36.6. The largest absolute Gasteiger partial charge is 0.859 e. The quantitative estimate of drug-likeness (QED) is 0.478. The van der Waals surface area contributed by atoms with Crippen LogP contribution in [0.3, 0.4) is 0 Å². The Balaban J connectivity index is 0.000000711. The molecule has 0 unspecified atom stereocenters. The van der Waals surface area contributed by atoms with Gasteiger partial charge in [-0.05, 0) is 12.8 Å². The first-order valence-electron chi connectivity index (χ1n) is 5.65. The van der Waals surface area contributed by atoms with E-state index in [2.05, 4.69) is 27.7 Å². The van der Waals surface area contributed by atoms with E-state index in [0.29, 0.717) is 0 Å². The number of nitrogens with one attached hydrogen (secondary N) is 2. The Morgan fingerprint density at radius 2 is 1.89 bits per heavy atom. The molecule has 0 saturated carbocycles. The number of H-pyrrole nitrogens is 1. The fourth-order valence-corrected chi connectivity index (χ4v) is 1.16. The number of carbonyl (C=O) groups excluding carboxylic acids is 1. The molecule has 1 aromatic heterocycles. The van der Waals surface area contributed by atoms with Crippen LogP contribution >= 0.6 is 0 Å². The normalized spacial score (nSPS) is 9.74. The third-order valence-corrected chi connectivity index (χ3v) is 1.82. The fourth-order valence-electron chi connectivity index (χ4n) is 1.16. The molecular formula is C12H19N3O4. The minimum atomic E-state index is -0.946. The van der Waals surface area contributed by atoms with Crippen molar-refractivity contribution in [2.24, 2.45) is 0 Å². The zero-order chi connectivity index (χ0) is 15.2. The molecule has 1 aromatic rings. The van der Waals surface area contributed by atoms with E-state index in [1.807, 2.05) is 4.98 Å². The Morgan fingerprint density at radius 3 is 2.26 bits per heavy atom. The summed E-state index contributed by atoms with van der Waals surface area (Å²) in [5.41, 5.74) is -2.32. The number of allylic oxidation sites excluding steroid dienone is 1. The van der Waals surface area contributed by atoms with E-state index in [-0.39, 0.29) is 6.54 Å². The van der Waals surface area contributed by atoms with Crippen molar-refractivity contribution in [1.82, 2.24) is 9.55 Å². The van der Waals surface area contributed by atoms with Gasteiger partial charge >= 0.3 is 5.69 Å². The standard InChI is InChI=1S/C9H10N2O4.C3H9N/c1-3-4-11-8(14)6(5(2)12)7(13)10-9(11)15;1-4(2)3/h3,14H,1,4H2,2H3,(H,10,13,15);1-3H3. The number of nitrogens with zero attached hydrogens (tertiary/aromatic N) is 1. The second-order valence-electron chi connectivity index (χ2n) is 4.39. The molecule has 1 heterocycles. The zero-order valence-electron chi connectivity index (χ0n) is 11.6. The van der Waals surface area contributed by atoms with E-state index in [1.165, 1.54) is 11.0 Å². The topological polar surface area (TPSA) is 99.4 Å². The van der Waals surface area contributed by atoms with Crippen molar-refractivity contribution in [2.45, 2.75) is 13.5 Å². The second-order valence-corrected chi connectivity index (χ2v) is 4.39. The van der Waals surface area contributed by atoms with Crippen LogP contribution in [-0.4, -0.2) is 36.5 Å². The molecular weight excluding hydrogens is 250 g/mol. The Bertz CT molecular complexity index is 567. The fraction of sp³-hybridized carbons (Fsp3) is 0.417. The molecule has 0 aliphatic rings. The predicted molar refractivity (Wildman–Crippen MR) is 69.7 cm³/mol. The lowest BCUT2D eigenvalue weighted by molar-refractivity contribution is -0.836. The van der Waals surface area contributed by atoms with Crippen molar-refractivity contribution in [3.8, 4) is 5.88 Å². The number of aromatic nitrogens is 2. The molecule has 0 amide bonds. The van der Waals surface area contributed by atoms with Crippen LogP contribution in [0.1, 0.15) is 17.3 Å². The van der Waals surface area contributed by atoms with Crippen molar-refractivity contribution in [1.29, 1.82) is 0 Å². The van der Waals surface area contributed by atoms with Crippen molar-refractivity contribution in [3.63, 3.8) is 0 Å². The molecule has 0 bridgehead atoms. The Kier molecular flexibility index (Phi) is 6.49. The van der Waals surface area contributed by atoms with Crippen LogP contribution in [0, 0.1) is 0 Å². The van der Waals surface area contributed by atoms with Crippen LogP contribution in [0.25, 0.3) is 0 Å². The van der Waals surface area contributed by atoms with Gasteiger partial charge in [0.05, 0.1) is 26.7 Å². The summed E-state index contributed by atoms with van der Waals surface area (Å²) in [6.45, 7) is 4.40. The summed E-state index contributed by atoms with van der Waals surface area (Å²) in [5.74, 6) is -1.55. The number of rotatable bonds is 3. The molecule has 2 N–H and O–H groups in total. The lowest BCUT2D eigenvalue weighted by Crippen LogP contribution is -3.02. The number of quaternary nitrogens is 1. The summed E-state index contributed by atoms with van der Waals surface area (Å²) in [7, 11) is 6.25. The highest BCUT2D eigenvalue weighted by molar-refractivity contribution is 5.95. The highest BCUT2D eigenvalue weighted by Gasteiger charge is 2.10. The molecule has 0 fully saturated rings. The van der Waals surface area contributed by atoms with Crippen LogP contribution in [-0.2, 0) is 6.54 Å². The molecule has 0 atom stereocenters. The minimum absolute atomic E-state index is 0.0469. The van der Waals surface area contributed by atoms with E-state index in [9.17, 15) is 19.5 Å². The highest BCUT2D eigenvalue weighted by Crippen LogP contribution is 2.05. The van der Waals surface area contributed by atoms with Gasteiger partial charge in [-0.15, -0.1) is 6.58 Å². The first kappa shape index (κ1) is 16.9. The number of aromatic amines is 1. The first-order valence-corrected chi connectivity index (χ1v) is 5.65. The van der Waals surface area contributed by atoms with Gasteiger partial charge in [0.1, 0.15) is 0 Å². The average molecular weight is 269 g/mol.